The molecule has 3 aromatic rings. The van der Waals surface area contributed by atoms with E-state index in [0.29, 0.717) is 29.0 Å². The standard InChI is InChI=1S/C29H35N5O3/c1-29(2,3)37-28(36)34-17-22(18-34)33-14-12-20(13-15-33)19-8-10-21(11-9-19)24-16-25(31-32-27(24)30)23-6-4-5-7-26(23)35/h4-11,16,20,22,35H,12-15,17-18H2,1-3H3,(H2,30,32). The second-order valence-electron chi connectivity index (χ2n) is 11.0. The van der Waals surface area contributed by atoms with Gasteiger partial charge in [0.15, 0.2) is 5.82 Å². The van der Waals surface area contributed by atoms with Gasteiger partial charge in [-0.25, -0.2) is 4.79 Å². The van der Waals surface area contributed by atoms with E-state index in [4.69, 9.17) is 10.5 Å². The number of hydrogen-bond acceptors (Lipinski definition) is 7. The third-order valence-corrected chi connectivity index (χ3v) is 7.26. The highest BCUT2D eigenvalue weighted by atomic mass is 16.6. The molecule has 3 heterocycles. The number of carbonyl (C=O) groups is 1. The number of benzene rings is 2. The predicted molar refractivity (Wildman–Crippen MR) is 144 cm³/mol. The molecule has 2 aliphatic heterocycles. The Morgan fingerprint density at radius 3 is 2.32 bits per heavy atom. The number of carbonyl (C=O) groups excluding carboxylic acids is 1. The molecule has 3 N–H and O–H groups in total. The summed E-state index contributed by atoms with van der Waals surface area (Å²) in [7, 11) is 0. The van der Waals surface area contributed by atoms with Crippen molar-refractivity contribution >= 4 is 11.9 Å². The molecule has 8 nitrogen and oxygen atoms in total. The number of amides is 1. The number of aromatic nitrogens is 2. The molecule has 0 saturated carbocycles. The largest absolute Gasteiger partial charge is 0.507 e. The Kier molecular flexibility index (Phi) is 6.77. The van der Waals surface area contributed by atoms with Crippen molar-refractivity contribution in [3.8, 4) is 28.1 Å². The molecule has 2 fully saturated rings. The highest BCUT2D eigenvalue weighted by Gasteiger charge is 2.38. The number of hydrogen-bond donors (Lipinski definition) is 2. The van der Waals surface area contributed by atoms with Crippen molar-refractivity contribution < 1.29 is 14.6 Å². The normalized spacial score (nSPS) is 17.4. The number of phenols is 1. The van der Waals surface area contributed by atoms with Gasteiger partial charge in [-0.3, -0.25) is 4.90 Å². The fourth-order valence-corrected chi connectivity index (χ4v) is 5.15. The summed E-state index contributed by atoms with van der Waals surface area (Å²) >= 11 is 0. The van der Waals surface area contributed by atoms with Crippen LogP contribution in [0.5, 0.6) is 5.75 Å². The molecule has 37 heavy (non-hydrogen) atoms. The van der Waals surface area contributed by atoms with Gasteiger partial charge in [-0.15, -0.1) is 10.2 Å². The monoisotopic (exact) mass is 501 g/mol. The summed E-state index contributed by atoms with van der Waals surface area (Å²) in [6, 6.07) is 17.9. The average Bonchev–Trinajstić information content (AvgIpc) is 2.83. The molecule has 0 spiro atoms. The lowest BCUT2D eigenvalue weighted by atomic mass is 9.87. The molecule has 5 rings (SSSR count). The van der Waals surface area contributed by atoms with Gasteiger partial charge in [-0.1, -0.05) is 36.4 Å². The zero-order chi connectivity index (χ0) is 26.2. The van der Waals surface area contributed by atoms with Crippen LogP contribution < -0.4 is 5.73 Å². The fraction of sp³-hybridized carbons (Fsp3) is 0.414. The zero-order valence-electron chi connectivity index (χ0n) is 21.7. The Labute approximate surface area is 218 Å². The number of aromatic hydroxyl groups is 1. The van der Waals surface area contributed by atoms with E-state index in [-0.39, 0.29) is 11.8 Å². The van der Waals surface area contributed by atoms with E-state index >= 15 is 0 Å². The van der Waals surface area contributed by atoms with Gasteiger partial charge in [0.1, 0.15) is 11.4 Å². The summed E-state index contributed by atoms with van der Waals surface area (Å²) in [5, 5.41) is 18.5. The molecular formula is C29H35N5O3. The summed E-state index contributed by atoms with van der Waals surface area (Å²) in [5.41, 5.74) is 10.0. The lowest BCUT2D eigenvalue weighted by molar-refractivity contribution is -0.0196. The molecule has 0 bridgehead atoms. The number of nitrogen functional groups attached to an aromatic ring is 1. The van der Waals surface area contributed by atoms with Crippen molar-refractivity contribution in [1.29, 1.82) is 0 Å². The molecule has 1 aromatic heterocycles. The number of para-hydroxylation sites is 1. The van der Waals surface area contributed by atoms with Crippen molar-refractivity contribution in [3.05, 3.63) is 60.2 Å². The number of nitrogens with zero attached hydrogens (tertiary/aromatic N) is 4. The molecule has 8 heteroatoms. The SMILES string of the molecule is CC(C)(C)OC(=O)N1CC(N2CCC(c3ccc(-c4cc(-c5ccccc5O)nnc4N)cc3)CC2)C1. The highest BCUT2D eigenvalue weighted by molar-refractivity contribution is 5.79. The van der Waals surface area contributed by atoms with E-state index in [0.717, 1.165) is 50.1 Å². The van der Waals surface area contributed by atoms with Gasteiger partial charge in [0.05, 0.1) is 5.69 Å². The van der Waals surface area contributed by atoms with Crippen molar-refractivity contribution in [2.24, 2.45) is 0 Å². The zero-order valence-corrected chi connectivity index (χ0v) is 21.7. The molecule has 2 aromatic carbocycles. The molecule has 0 radical (unpaired) electrons. The maximum atomic E-state index is 12.2. The van der Waals surface area contributed by atoms with Gasteiger partial charge < -0.3 is 20.5 Å². The Balaban J connectivity index is 1.19. The van der Waals surface area contributed by atoms with E-state index in [2.05, 4.69) is 39.4 Å². The smallest absolute Gasteiger partial charge is 0.410 e. The van der Waals surface area contributed by atoms with E-state index in [9.17, 15) is 9.90 Å². The van der Waals surface area contributed by atoms with Crippen LogP contribution in [-0.2, 0) is 4.74 Å². The molecular weight excluding hydrogens is 466 g/mol. The molecule has 0 atom stereocenters. The maximum absolute atomic E-state index is 12.2. The Morgan fingerprint density at radius 2 is 1.68 bits per heavy atom. The quantitative estimate of drug-likeness (QED) is 0.524. The molecule has 1 amide bonds. The minimum atomic E-state index is -0.456. The van der Waals surface area contributed by atoms with E-state index in [1.54, 1.807) is 17.0 Å². The molecule has 2 saturated heterocycles. The fourth-order valence-electron chi connectivity index (χ4n) is 5.15. The number of nitrogens with two attached hydrogens (primary N) is 1. The maximum Gasteiger partial charge on any atom is 0.410 e. The average molecular weight is 502 g/mol. The Bertz CT molecular complexity index is 1260. The van der Waals surface area contributed by atoms with Crippen molar-refractivity contribution in [1.82, 2.24) is 20.0 Å². The first-order valence-electron chi connectivity index (χ1n) is 12.9. The van der Waals surface area contributed by atoms with Gasteiger partial charge in [-0.2, -0.15) is 0 Å². The van der Waals surface area contributed by atoms with E-state index in [1.165, 1.54) is 5.56 Å². The van der Waals surface area contributed by atoms with Crippen LogP contribution >= 0.6 is 0 Å². The molecule has 0 aliphatic carbocycles. The third kappa shape index (κ3) is 5.54. The van der Waals surface area contributed by atoms with Crippen LogP contribution in [0.4, 0.5) is 10.6 Å². The summed E-state index contributed by atoms with van der Waals surface area (Å²) in [4.78, 5) is 16.5. The van der Waals surface area contributed by atoms with Crippen LogP contribution in [0.15, 0.2) is 54.6 Å². The van der Waals surface area contributed by atoms with Crippen LogP contribution in [0.25, 0.3) is 22.4 Å². The number of piperidine rings is 1. The Morgan fingerprint density at radius 1 is 1.00 bits per heavy atom. The topological polar surface area (TPSA) is 105 Å². The number of likely N-dealkylation sites (tertiary alicyclic amines) is 2. The summed E-state index contributed by atoms with van der Waals surface area (Å²) in [5.74, 6) is 1.03. The summed E-state index contributed by atoms with van der Waals surface area (Å²) in [6.07, 6.45) is 1.98. The van der Waals surface area contributed by atoms with Crippen molar-refractivity contribution in [3.63, 3.8) is 0 Å². The first-order chi connectivity index (χ1) is 17.7. The van der Waals surface area contributed by atoms with Gasteiger partial charge in [0.2, 0.25) is 0 Å². The number of ether oxygens (including phenoxy) is 1. The van der Waals surface area contributed by atoms with Crippen LogP contribution in [-0.4, -0.2) is 69.0 Å². The van der Waals surface area contributed by atoms with E-state index < -0.39 is 5.60 Å². The summed E-state index contributed by atoms with van der Waals surface area (Å²) < 4.78 is 5.48. The molecule has 2 aliphatic rings. The van der Waals surface area contributed by atoms with Crippen LogP contribution in [0.1, 0.15) is 45.1 Å². The first-order valence-corrected chi connectivity index (χ1v) is 12.9. The Hall–Kier alpha value is -3.65. The lowest BCUT2D eigenvalue weighted by Gasteiger charge is -2.47. The van der Waals surface area contributed by atoms with Crippen LogP contribution in [0.3, 0.4) is 0 Å². The van der Waals surface area contributed by atoms with Crippen LogP contribution in [0.2, 0.25) is 0 Å². The minimum Gasteiger partial charge on any atom is -0.507 e. The van der Waals surface area contributed by atoms with Crippen LogP contribution in [0, 0.1) is 0 Å². The van der Waals surface area contributed by atoms with Gasteiger partial charge in [0.25, 0.3) is 0 Å². The summed E-state index contributed by atoms with van der Waals surface area (Å²) in [6.45, 7) is 9.26. The predicted octanol–water partition coefficient (Wildman–Crippen LogP) is 4.90. The second-order valence-corrected chi connectivity index (χ2v) is 11.0. The highest BCUT2D eigenvalue weighted by Crippen LogP contribution is 2.35. The van der Waals surface area contributed by atoms with Crippen molar-refractivity contribution in [2.75, 3.05) is 31.9 Å². The van der Waals surface area contributed by atoms with Gasteiger partial charge >= 0.3 is 6.09 Å². The van der Waals surface area contributed by atoms with Gasteiger partial charge in [-0.05, 0) is 81.9 Å². The molecule has 194 valence electrons. The molecule has 0 unspecified atom stereocenters. The van der Waals surface area contributed by atoms with E-state index in [1.807, 2.05) is 39.0 Å². The lowest BCUT2D eigenvalue weighted by Crippen LogP contribution is -2.62. The third-order valence-electron chi connectivity index (χ3n) is 7.26. The number of anilines is 1. The first kappa shape index (κ1) is 25.0. The van der Waals surface area contributed by atoms with Crippen molar-refractivity contribution in [2.45, 2.75) is 51.2 Å². The minimum absolute atomic E-state index is 0.161. The number of rotatable bonds is 4. The second kappa shape index (κ2) is 10.0. The number of phenolic OH excluding ortho intramolecular Hbond substituents is 1. The van der Waals surface area contributed by atoms with Gasteiger partial charge in [0, 0.05) is 30.3 Å².